The van der Waals surface area contributed by atoms with E-state index in [9.17, 15) is 4.79 Å². The molecule has 2 atom stereocenters. The first-order valence-corrected chi connectivity index (χ1v) is 7.53. The molecule has 2 aliphatic rings. The quantitative estimate of drug-likeness (QED) is 0.870. The van der Waals surface area contributed by atoms with Crippen molar-refractivity contribution in [3.8, 4) is 6.01 Å². The van der Waals surface area contributed by atoms with E-state index in [1.807, 2.05) is 13.0 Å². The molecule has 2 fully saturated rings. The van der Waals surface area contributed by atoms with Crippen LogP contribution in [0.25, 0.3) is 0 Å². The molecule has 0 radical (unpaired) electrons. The molecule has 3 rings (SSSR count). The Morgan fingerprint density at radius 2 is 2.36 bits per heavy atom. The number of carbonyl (C=O) groups excluding carboxylic acids is 1. The molecule has 3 heterocycles. The number of anilines is 1. The van der Waals surface area contributed by atoms with Crippen LogP contribution in [0.2, 0.25) is 0 Å². The van der Waals surface area contributed by atoms with E-state index in [1.165, 1.54) is 0 Å². The average Bonchev–Trinajstić information content (AvgIpc) is 2.94. The first kappa shape index (κ1) is 15.0. The fraction of sp³-hybridized carbons (Fsp3) is 0.667. The standard InChI is InChI=1S/C15H22N4O3/c1-10-6-12(18-14(17-10)21-3)19-7-11-8-22-5-4-15(11,9-19)13(20)16-2/h6,11H,4-5,7-9H2,1-3H3,(H,16,20). The van der Waals surface area contributed by atoms with Gasteiger partial charge in [-0.2, -0.15) is 4.98 Å². The molecule has 0 aromatic carbocycles. The summed E-state index contributed by atoms with van der Waals surface area (Å²) < 4.78 is 10.7. The lowest BCUT2D eigenvalue weighted by Gasteiger charge is -2.36. The highest BCUT2D eigenvalue weighted by Gasteiger charge is 2.53. The molecule has 1 amide bonds. The van der Waals surface area contributed by atoms with Crippen LogP contribution in [0.15, 0.2) is 6.07 Å². The van der Waals surface area contributed by atoms with Gasteiger partial charge in [-0.15, -0.1) is 0 Å². The predicted molar refractivity (Wildman–Crippen MR) is 81.0 cm³/mol. The molecule has 2 unspecified atom stereocenters. The maximum atomic E-state index is 12.5. The lowest BCUT2D eigenvalue weighted by atomic mass is 9.73. The minimum absolute atomic E-state index is 0.0982. The van der Waals surface area contributed by atoms with Crippen molar-refractivity contribution in [2.24, 2.45) is 11.3 Å². The van der Waals surface area contributed by atoms with Gasteiger partial charge in [-0.3, -0.25) is 4.79 Å². The van der Waals surface area contributed by atoms with Gasteiger partial charge in [0.2, 0.25) is 5.91 Å². The summed E-state index contributed by atoms with van der Waals surface area (Å²) in [5.41, 5.74) is 0.459. The van der Waals surface area contributed by atoms with Crippen molar-refractivity contribution in [1.82, 2.24) is 15.3 Å². The van der Waals surface area contributed by atoms with Gasteiger partial charge in [0.15, 0.2) is 0 Å². The van der Waals surface area contributed by atoms with Crippen LogP contribution in [0.4, 0.5) is 5.82 Å². The van der Waals surface area contributed by atoms with Gasteiger partial charge in [0.05, 0.1) is 19.1 Å². The second-order valence-corrected chi connectivity index (χ2v) is 5.99. The Bertz CT molecular complexity index is 580. The zero-order valence-electron chi connectivity index (χ0n) is 13.3. The molecule has 22 heavy (non-hydrogen) atoms. The van der Waals surface area contributed by atoms with Gasteiger partial charge >= 0.3 is 6.01 Å². The number of carbonyl (C=O) groups is 1. The molecule has 1 aromatic heterocycles. The van der Waals surface area contributed by atoms with Gasteiger partial charge in [0, 0.05) is 44.4 Å². The number of hydrogen-bond donors (Lipinski definition) is 1. The summed E-state index contributed by atoms with van der Waals surface area (Å²) >= 11 is 0. The number of ether oxygens (including phenoxy) is 2. The third-order valence-corrected chi connectivity index (χ3v) is 4.71. The zero-order chi connectivity index (χ0) is 15.7. The van der Waals surface area contributed by atoms with Crippen molar-refractivity contribution in [3.05, 3.63) is 11.8 Å². The Morgan fingerprint density at radius 1 is 1.55 bits per heavy atom. The minimum Gasteiger partial charge on any atom is -0.467 e. The summed E-state index contributed by atoms with van der Waals surface area (Å²) in [6, 6.07) is 2.29. The van der Waals surface area contributed by atoms with Crippen LogP contribution >= 0.6 is 0 Å². The maximum Gasteiger partial charge on any atom is 0.318 e. The number of amides is 1. The molecule has 1 aromatic rings. The summed E-state index contributed by atoms with van der Waals surface area (Å²) in [6.07, 6.45) is 0.745. The van der Waals surface area contributed by atoms with Gasteiger partial charge in [0.25, 0.3) is 0 Å². The van der Waals surface area contributed by atoms with Crippen LogP contribution < -0.4 is 15.0 Å². The highest BCUT2D eigenvalue weighted by atomic mass is 16.5. The van der Waals surface area contributed by atoms with Crippen LogP contribution in [0, 0.1) is 18.3 Å². The molecular weight excluding hydrogens is 284 g/mol. The van der Waals surface area contributed by atoms with Crippen LogP contribution in [0.1, 0.15) is 12.1 Å². The summed E-state index contributed by atoms with van der Waals surface area (Å²) in [7, 11) is 3.26. The van der Waals surface area contributed by atoms with Crippen molar-refractivity contribution in [2.75, 3.05) is 45.4 Å². The molecule has 120 valence electrons. The van der Waals surface area contributed by atoms with Crippen molar-refractivity contribution in [2.45, 2.75) is 13.3 Å². The number of fused-ring (bicyclic) bond motifs is 1. The van der Waals surface area contributed by atoms with Crippen molar-refractivity contribution >= 4 is 11.7 Å². The van der Waals surface area contributed by atoms with E-state index in [1.54, 1.807) is 14.2 Å². The summed E-state index contributed by atoms with van der Waals surface area (Å²) in [5, 5.41) is 2.82. The second-order valence-electron chi connectivity index (χ2n) is 5.99. The molecule has 7 heteroatoms. The van der Waals surface area contributed by atoms with Gasteiger partial charge in [-0.25, -0.2) is 4.98 Å². The number of nitrogens with one attached hydrogen (secondary N) is 1. The Hall–Kier alpha value is -1.89. The number of rotatable bonds is 3. The number of hydrogen-bond acceptors (Lipinski definition) is 6. The topological polar surface area (TPSA) is 76.6 Å². The summed E-state index contributed by atoms with van der Waals surface area (Å²) in [4.78, 5) is 23.3. The minimum atomic E-state index is -0.390. The second kappa shape index (κ2) is 5.72. The summed E-state index contributed by atoms with van der Waals surface area (Å²) in [5.74, 6) is 1.09. The molecular formula is C15H22N4O3. The smallest absolute Gasteiger partial charge is 0.318 e. The molecule has 2 aliphatic heterocycles. The Balaban J connectivity index is 1.91. The van der Waals surface area contributed by atoms with Crippen molar-refractivity contribution in [1.29, 1.82) is 0 Å². The number of aromatic nitrogens is 2. The highest BCUT2D eigenvalue weighted by Crippen LogP contribution is 2.43. The average molecular weight is 306 g/mol. The largest absolute Gasteiger partial charge is 0.467 e. The molecule has 0 bridgehead atoms. The van der Waals surface area contributed by atoms with Crippen molar-refractivity contribution < 1.29 is 14.3 Å². The lowest BCUT2D eigenvalue weighted by Crippen LogP contribution is -2.49. The van der Waals surface area contributed by atoms with Crippen LogP contribution in [-0.4, -0.2) is 56.3 Å². The SMILES string of the molecule is CNC(=O)C12CCOCC1CN(c1cc(C)nc(OC)n1)C2. The van der Waals surface area contributed by atoms with E-state index in [4.69, 9.17) is 9.47 Å². The number of methoxy groups -OCH3 is 1. The van der Waals surface area contributed by atoms with Crippen LogP contribution in [0.3, 0.4) is 0 Å². The molecule has 0 saturated carbocycles. The molecule has 2 saturated heterocycles. The van der Waals surface area contributed by atoms with E-state index in [-0.39, 0.29) is 17.2 Å². The fourth-order valence-corrected chi connectivity index (χ4v) is 3.52. The Kier molecular flexibility index (Phi) is 3.90. The van der Waals surface area contributed by atoms with Gasteiger partial charge in [0.1, 0.15) is 5.82 Å². The highest BCUT2D eigenvalue weighted by molar-refractivity contribution is 5.84. The van der Waals surface area contributed by atoms with Crippen LogP contribution in [0.5, 0.6) is 6.01 Å². The Morgan fingerprint density at radius 3 is 3.09 bits per heavy atom. The summed E-state index contributed by atoms with van der Waals surface area (Å²) in [6.45, 7) is 4.57. The molecule has 0 spiro atoms. The predicted octanol–water partition coefficient (Wildman–Crippen LogP) is 0.383. The van der Waals surface area contributed by atoms with Gasteiger partial charge < -0.3 is 19.7 Å². The first-order chi connectivity index (χ1) is 10.6. The van der Waals surface area contributed by atoms with E-state index in [0.29, 0.717) is 25.8 Å². The molecule has 0 aliphatic carbocycles. The third-order valence-electron chi connectivity index (χ3n) is 4.71. The molecule has 7 nitrogen and oxygen atoms in total. The normalized spacial score (nSPS) is 27.4. The fourth-order valence-electron chi connectivity index (χ4n) is 3.52. The first-order valence-electron chi connectivity index (χ1n) is 7.53. The maximum absolute atomic E-state index is 12.5. The van der Waals surface area contributed by atoms with Gasteiger partial charge in [-0.05, 0) is 13.3 Å². The van der Waals surface area contributed by atoms with E-state index in [0.717, 1.165) is 24.5 Å². The van der Waals surface area contributed by atoms with Crippen LogP contribution in [-0.2, 0) is 9.53 Å². The van der Waals surface area contributed by atoms with E-state index in [2.05, 4.69) is 20.2 Å². The monoisotopic (exact) mass is 306 g/mol. The van der Waals surface area contributed by atoms with Gasteiger partial charge in [-0.1, -0.05) is 0 Å². The molecule has 1 N–H and O–H groups in total. The third kappa shape index (κ3) is 2.39. The van der Waals surface area contributed by atoms with Crippen molar-refractivity contribution in [3.63, 3.8) is 0 Å². The number of nitrogens with zero attached hydrogens (tertiary/aromatic N) is 3. The zero-order valence-corrected chi connectivity index (χ0v) is 13.3. The Labute approximate surface area is 130 Å². The number of aryl methyl sites for hydroxylation is 1. The van der Waals surface area contributed by atoms with E-state index < -0.39 is 0 Å². The lowest BCUT2D eigenvalue weighted by molar-refractivity contribution is -0.138. The van der Waals surface area contributed by atoms with E-state index >= 15 is 0 Å².